The quantitative estimate of drug-likeness (QED) is 0.891. The van der Waals surface area contributed by atoms with E-state index in [1.165, 1.54) is 12.5 Å². The van der Waals surface area contributed by atoms with Crippen molar-refractivity contribution < 1.29 is 14.1 Å². The second-order valence-electron chi connectivity index (χ2n) is 6.31. The van der Waals surface area contributed by atoms with Crippen LogP contribution in [0.25, 0.3) is 11.1 Å². The number of allylic oxidation sites excluding steroid dienone is 3. The lowest BCUT2D eigenvalue weighted by atomic mass is 10.0. The fourth-order valence-electron chi connectivity index (χ4n) is 2.72. The van der Waals surface area contributed by atoms with Crippen LogP contribution in [0.15, 0.2) is 65.3 Å². The van der Waals surface area contributed by atoms with Crippen LogP contribution in [0.5, 0.6) is 5.75 Å². The molecule has 1 aromatic heterocycles. The maximum atomic E-state index is 12.8. The van der Waals surface area contributed by atoms with Crippen LogP contribution in [0.2, 0.25) is 0 Å². The Morgan fingerprint density at radius 2 is 2.04 bits per heavy atom. The highest BCUT2D eigenvalue weighted by Gasteiger charge is 2.19. The predicted molar refractivity (Wildman–Crippen MR) is 104 cm³/mol. The average Bonchev–Trinajstić information content (AvgIpc) is 2.64. The molecule has 1 aliphatic rings. The first-order chi connectivity index (χ1) is 12.4. The van der Waals surface area contributed by atoms with Crippen molar-refractivity contribution in [1.29, 1.82) is 0 Å². The number of benzene rings is 1. The summed E-state index contributed by atoms with van der Waals surface area (Å²) in [4.78, 5) is 16.7. The van der Waals surface area contributed by atoms with Crippen molar-refractivity contribution in [3.05, 3.63) is 72.1 Å². The number of carbonyl (C=O) groups is 1. The molecule has 0 aliphatic heterocycles. The number of pyridine rings is 1. The van der Waals surface area contributed by atoms with Crippen LogP contribution in [0.1, 0.15) is 22.3 Å². The first-order valence-electron chi connectivity index (χ1n) is 8.20. The third-order valence-electron chi connectivity index (χ3n) is 4.28. The molecule has 0 bridgehead atoms. The molecule has 1 aromatic carbocycles. The summed E-state index contributed by atoms with van der Waals surface area (Å²) in [5.41, 5.74) is 2.59. The van der Waals surface area contributed by atoms with E-state index in [0.29, 0.717) is 6.42 Å². The molecule has 134 valence electrons. The van der Waals surface area contributed by atoms with Crippen LogP contribution < -0.4 is 0 Å². The first-order valence-corrected chi connectivity index (χ1v) is 10.2. The lowest BCUT2D eigenvalue weighted by molar-refractivity contribution is 0.100. The molecular weight excluding hydrogens is 348 g/mol. The fraction of sp³-hybridized carbons (Fsp3) is 0.200. The number of aromatic hydroxyl groups is 1. The number of nitrogens with zero attached hydrogens (tertiary/aromatic N) is 2. The van der Waals surface area contributed by atoms with Gasteiger partial charge in [-0.1, -0.05) is 30.4 Å². The highest BCUT2D eigenvalue weighted by Crippen LogP contribution is 2.25. The first kappa shape index (κ1) is 18.1. The summed E-state index contributed by atoms with van der Waals surface area (Å²) in [5.74, 6) is -0.324. The molecule has 6 heteroatoms. The van der Waals surface area contributed by atoms with Gasteiger partial charge in [-0.05, 0) is 42.7 Å². The Morgan fingerprint density at radius 1 is 1.23 bits per heavy atom. The summed E-state index contributed by atoms with van der Waals surface area (Å²) in [6.07, 6.45) is 12.6. The molecular formula is C20H20N2O3S. The van der Waals surface area contributed by atoms with Gasteiger partial charge >= 0.3 is 0 Å². The molecule has 3 rings (SSSR count). The van der Waals surface area contributed by atoms with Crippen molar-refractivity contribution in [2.24, 2.45) is 4.36 Å². The molecule has 2 atom stereocenters. The third kappa shape index (κ3) is 3.91. The maximum absolute atomic E-state index is 12.8. The van der Waals surface area contributed by atoms with Gasteiger partial charge in [0.1, 0.15) is 5.75 Å². The molecule has 1 N–H and O–H groups in total. The Hall–Kier alpha value is -2.73. The monoisotopic (exact) mass is 368 g/mol. The smallest absolute Gasteiger partial charge is 0.286 e. The number of rotatable bonds is 3. The standard InChI is InChI=1S/C20H20N2O3S/c1-14-10-15(8-9-19(14)23)16-11-17(13-21-12-16)20(24)22-26(2,25)18-6-4-3-5-7-18/h3-6,8-13,18,23H,7H2,1-2H3/t18?,26-/m0/s1. The van der Waals surface area contributed by atoms with Crippen molar-refractivity contribution in [1.82, 2.24) is 4.98 Å². The van der Waals surface area contributed by atoms with E-state index < -0.39 is 15.6 Å². The molecule has 5 nitrogen and oxygen atoms in total. The Balaban J connectivity index is 1.92. The van der Waals surface area contributed by atoms with Crippen LogP contribution in [0.3, 0.4) is 0 Å². The van der Waals surface area contributed by atoms with Gasteiger partial charge in [-0.2, -0.15) is 4.36 Å². The van der Waals surface area contributed by atoms with Gasteiger partial charge in [0.25, 0.3) is 5.91 Å². The van der Waals surface area contributed by atoms with E-state index in [4.69, 9.17) is 0 Å². The zero-order valence-electron chi connectivity index (χ0n) is 14.6. The molecule has 1 aliphatic carbocycles. The molecule has 0 fully saturated rings. The lowest BCUT2D eigenvalue weighted by Gasteiger charge is -2.14. The minimum Gasteiger partial charge on any atom is -0.508 e. The van der Waals surface area contributed by atoms with Gasteiger partial charge in [0.2, 0.25) is 0 Å². The van der Waals surface area contributed by atoms with Gasteiger partial charge in [0.05, 0.1) is 20.5 Å². The highest BCUT2D eigenvalue weighted by atomic mass is 32.2. The van der Waals surface area contributed by atoms with E-state index >= 15 is 0 Å². The number of amides is 1. The summed E-state index contributed by atoms with van der Waals surface area (Å²) < 4.78 is 16.8. The fourth-order valence-corrected chi connectivity index (χ4v) is 4.14. The zero-order chi connectivity index (χ0) is 18.7. The zero-order valence-corrected chi connectivity index (χ0v) is 15.4. The van der Waals surface area contributed by atoms with Gasteiger partial charge in [-0.3, -0.25) is 9.78 Å². The van der Waals surface area contributed by atoms with Gasteiger partial charge in [-0.15, -0.1) is 0 Å². The normalized spacial score (nSPS) is 18.3. The minimum atomic E-state index is -2.69. The third-order valence-corrected chi connectivity index (χ3v) is 6.28. The molecule has 0 spiro atoms. The lowest BCUT2D eigenvalue weighted by Crippen LogP contribution is -2.19. The summed E-state index contributed by atoms with van der Waals surface area (Å²) >= 11 is 0. The molecule has 26 heavy (non-hydrogen) atoms. The number of aromatic nitrogens is 1. The number of hydrogen-bond acceptors (Lipinski definition) is 4. The van der Waals surface area contributed by atoms with Gasteiger partial charge < -0.3 is 5.11 Å². The van der Waals surface area contributed by atoms with E-state index in [0.717, 1.165) is 16.7 Å². The number of aryl methyl sites for hydroxylation is 1. The number of phenols is 1. The van der Waals surface area contributed by atoms with Crippen molar-refractivity contribution in [3.63, 3.8) is 0 Å². The van der Waals surface area contributed by atoms with Gasteiger partial charge in [0, 0.05) is 24.2 Å². The van der Waals surface area contributed by atoms with E-state index in [1.807, 2.05) is 30.4 Å². The van der Waals surface area contributed by atoms with Gasteiger partial charge in [-0.25, -0.2) is 4.21 Å². The minimum absolute atomic E-state index is 0.212. The Labute approximate surface area is 153 Å². The highest BCUT2D eigenvalue weighted by molar-refractivity contribution is 7.94. The van der Waals surface area contributed by atoms with Crippen LogP contribution in [-0.2, 0) is 9.73 Å². The van der Waals surface area contributed by atoms with Crippen LogP contribution in [0.4, 0.5) is 0 Å². The average molecular weight is 368 g/mol. The number of hydrogen-bond donors (Lipinski definition) is 1. The summed E-state index contributed by atoms with van der Waals surface area (Å²) in [6, 6.07) is 6.86. The van der Waals surface area contributed by atoms with E-state index in [-0.39, 0.29) is 16.6 Å². The molecule has 1 amide bonds. The summed E-state index contributed by atoms with van der Waals surface area (Å²) in [5, 5.41) is 9.39. The number of phenolic OH excluding ortho intramolecular Hbond substituents is 1. The second-order valence-corrected chi connectivity index (χ2v) is 8.82. The van der Waals surface area contributed by atoms with E-state index in [1.54, 1.807) is 31.3 Å². The molecule has 2 aromatic rings. The van der Waals surface area contributed by atoms with E-state index in [2.05, 4.69) is 9.35 Å². The largest absolute Gasteiger partial charge is 0.508 e. The van der Waals surface area contributed by atoms with Crippen LogP contribution >= 0.6 is 0 Å². The van der Waals surface area contributed by atoms with Crippen molar-refractivity contribution in [2.75, 3.05) is 6.26 Å². The molecule has 0 radical (unpaired) electrons. The topological polar surface area (TPSA) is 79.6 Å². The van der Waals surface area contributed by atoms with Crippen molar-refractivity contribution in [3.8, 4) is 16.9 Å². The van der Waals surface area contributed by atoms with Crippen molar-refractivity contribution >= 4 is 15.6 Å². The molecule has 0 saturated carbocycles. The Morgan fingerprint density at radius 3 is 2.73 bits per heavy atom. The van der Waals surface area contributed by atoms with Crippen LogP contribution in [-0.4, -0.2) is 31.7 Å². The summed E-state index contributed by atoms with van der Waals surface area (Å²) in [7, 11) is -2.69. The molecule has 1 heterocycles. The maximum Gasteiger partial charge on any atom is 0.286 e. The number of carbonyl (C=O) groups excluding carboxylic acids is 1. The summed E-state index contributed by atoms with van der Waals surface area (Å²) in [6.45, 7) is 1.80. The second kappa shape index (κ2) is 7.25. The van der Waals surface area contributed by atoms with E-state index in [9.17, 15) is 14.1 Å². The van der Waals surface area contributed by atoms with Gasteiger partial charge in [0.15, 0.2) is 0 Å². The molecule has 1 unspecified atom stereocenters. The SMILES string of the molecule is Cc1cc(-c2cncc(C(=O)N=[S@@](C)(=O)C3C=CC=CC3)c2)ccc1O. The Bertz CT molecular complexity index is 1030. The molecule has 0 saturated heterocycles. The van der Waals surface area contributed by atoms with Crippen molar-refractivity contribution in [2.45, 2.75) is 18.6 Å². The predicted octanol–water partition coefficient (Wildman–Crippen LogP) is 3.89. The Kier molecular flexibility index (Phi) is 5.04. The van der Waals surface area contributed by atoms with Crippen LogP contribution in [0, 0.1) is 6.92 Å².